The lowest BCUT2D eigenvalue weighted by atomic mass is 10.1. The second-order valence-electron chi connectivity index (χ2n) is 3.92. The van der Waals surface area contributed by atoms with E-state index >= 15 is 0 Å². The predicted molar refractivity (Wildman–Crippen MR) is 85.5 cm³/mol. The van der Waals surface area contributed by atoms with Gasteiger partial charge in [0.05, 0.1) is 0 Å². The first-order valence-electron chi connectivity index (χ1n) is 6.43. The summed E-state index contributed by atoms with van der Waals surface area (Å²) in [6.45, 7) is 10.0. The second kappa shape index (κ2) is 7.65. The monoisotopic (exact) mass is 273 g/mol. The van der Waals surface area contributed by atoms with Crippen molar-refractivity contribution in [2.75, 3.05) is 0 Å². The van der Waals surface area contributed by atoms with Crippen molar-refractivity contribution in [1.29, 1.82) is 0 Å². The Morgan fingerprint density at radius 3 is 2.42 bits per heavy atom. The van der Waals surface area contributed by atoms with Gasteiger partial charge in [0.1, 0.15) is 0 Å². The molecule has 1 aromatic carbocycles. The zero-order valence-electron chi connectivity index (χ0n) is 11.7. The first-order chi connectivity index (χ1) is 9.16. The van der Waals surface area contributed by atoms with Crippen molar-refractivity contribution in [2.45, 2.75) is 20.8 Å². The summed E-state index contributed by atoms with van der Waals surface area (Å²) in [5, 5.41) is 0.706. The number of benzene rings is 1. The molecule has 0 spiro atoms. The largest absolute Gasteiger partial charge is 0.324 e. The van der Waals surface area contributed by atoms with Crippen LogP contribution in [0.25, 0.3) is 5.57 Å². The summed E-state index contributed by atoms with van der Waals surface area (Å²) in [5.41, 5.74) is 3.25. The average molecular weight is 274 g/mol. The van der Waals surface area contributed by atoms with E-state index in [0.29, 0.717) is 5.03 Å². The van der Waals surface area contributed by atoms with Gasteiger partial charge in [0, 0.05) is 23.1 Å². The molecule has 0 aliphatic carbocycles. The molecule has 0 atom stereocenters. The van der Waals surface area contributed by atoms with Crippen molar-refractivity contribution in [1.82, 2.24) is 4.90 Å². The quantitative estimate of drug-likeness (QED) is 0.684. The van der Waals surface area contributed by atoms with E-state index < -0.39 is 0 Å². The molecule has 1 aliphatic heterocycles. The first-order valence-corrected chi connectivity index (χ1v) is 6.81. The third kappa shape index (κ3) is 4.46. The number of hydrogen-bond donors (Lipinski definition) is 0. The highest BCUT2D eigenvalue weighted by atomic mass is 35.5. The van der Waals surface area contributed by atoms with Crippen LogP contribution in [0.3, 0.4) is 0 Å². The van der Waals surface area contributed by atoms with E-state index in [2.05, 4.69) is 25.6 Å². The van der Waals surface area contributed by atoms with E-state index in [-0.39, 0.29) is 0 Å². The second-order valence-corrected chi connectivity index (χ2v) is 4.36. The van der Waals surface area contributed by atoms with Gasteiger partial charge in [-0.3, -0.25) is 0 Å². The lowest BCUT2D eigenvalue weighted by Crippen LogP contribution is -2.09. The molecule has 0 amide bonds. The molecule has 19 heavy (non-hydrogen) atoms. The molecule has 0 aromatic heterocycles. The van der Waals surface area contributed by atoms with E-state index in [4.69, 9.17) is 11.6 Å². The Kier molecular flexibility index (Phi) is 6.17. The van der Waals surface area contributed by atoms with Gasteiger partial charge in [0.2, 0.25) is 0 Å². The van der Waals surface area contributed by atoms with Gasteiger partial charge >= 0.3 is 0 Å². The average Bonchev–Trinajstić information content (AvgIpc) is 2.45. The van der Waals surface area contributed by atoms with Gasteiger partial charge in [0.15, 0.2) is 0 Å². The van der Waals surface area contributed by atoms with Crippen molar-refractivity contribution in [2.24, 2.45) is 0 Å². The minimum Gasteiger partial charge on any atom is -0.324 e. The van der Waals surface area contributed by atoms with E-state index in [0.717, 1.165) is 5.70 Å². The maximum absolute atomic E-state index is 5.90. The highest BCUT2D eigenvalue weighted by Gasteiger charge is 2.05. The maximum Gasteiger partial charge on any atom is 0.0441 e. The smallest absolute Gasteiger partial charge is 0.0441 e. The highest BCUT2D eigenvalue weighted by molar-refractivity contribution is 6.31. The van der Waals surface area contributed by atoms with Gasteiger partial charge in [-0.15, -0.1) is 0 Å². The molecule has 2 rings (SSSR count). The summed E-state index contributed by atoms with van der Waals surface area (Å²) < 4.78 is 0. The topological polar surface area (TPSA) is 3.24 Å². The fraction of sp³-hybridized carbons (Fsp3) is 0.176. The van der Waals surface area contributed by atoms with Crippen LogP contribution in [0, 0.1) is 0 Å². The van der Waals surface area contributed by atoms with Crippen LogP contribution in [0.5, 0.6) is 0 Å². The maximum atomic E-state index is 5.90. The molecule has 0 saturated heterocycles. The van der Waals surface area contributed by atoms with Gasteiger partial charge in [-0.25, -0.2) is 0 Å². The fourth-order valence-corrected chi connectivity index (χ4v) is 1.82. The molecular formula is C17H20ClN. The van der Waals surface area contributed by atoms with Crippen LogP contribution in [-0.2, 0) is 0 Å². The van der Waals surface area contributed by atoms with Gasteiger partial charge < -0.3 is 4.90 Å². The molecule has 1 aromatic rings. The molecule has 0 saturated carbocycles. The zero-order chi connectivity index (χ0) is 14.3. The van der Waals surface area contributed by atoms with Crippen LogP contribution in [0.2, 0.25) is 0 Å². The summed E-state index contributed by atoms with van der Waals surface area (Å²) in [4.78, 5) is 1.97. The summed E-state index contributed by atoms with van der Waals surface area (Å²) in [6, 6.07) is 10.3. The predicted octanol–water partition coefficient (Wildman–Crippen LogP) is 5.54. The number of allylic oxidation sites excluding steroid dienone is 4. The van der Waals surface area contributed by atoms with Crippen molar-refractivity contribution >= 4 is 17.2 Å². The van der Waals surface area contributed by atoms with Gasteiger partial charge in [0.25, 0.3) is 0 Å². The van der Waals surface area contributed by atoms with Crippen LogP contribution in [0.4, 0.5) is 0 Å². The SMILES string of the molecule is C=C1C=C(Cl)C=CN1/C=C(\C)c1ccccc1.CC. The number of rotatable bonds is 2. The summed E-state index contributed by atoms with van der Waals surface area (Å²) in [5.74, 6) is 0. The van der Waals surface area contributed by atoms with E-state index in [1.165, 1.54) is 11.1 Å². The van der Waals surface area contributed by atoms with Crippen LogP contribution in [-0.4, -0.2) is 4.90 Å². The van der Waals surface area contributed by atoms with Crippen molar-refractivity contribution in [3.05, 3.63) is 77.8 Å². The summed E-state index contributed by atoms with van der Waals surface area (Å²) >= 11 is 5.90. The molecule has 0 N–H and O–H groups in total. The van der Waals surface area contributed by atoms with Gasteiger partial charge in [-0.2, -0.15) is 0 Å². The lowest BCUT2D eigenvalue weighted by Gasteiger charge is -2.20. The van der Waals surface area contributed by atoms with E-state index in [9.17, 15) is 0 Å². The third-order valence-corrected chi connectivity index (χ3v) is 2.83. The van der Waals surface area contributed by atoms with E-state index in [1.807, 2.05) is 61.5 Å². The highest BCUT2D eigenvalue weighted by Crippen LogP contribution is 2.21. The summed E-state index contributed by atoms with van der Waals surface area (Å²) in [7, 11) is 0. The molecule has 0 radical (unpaired) electrons. The van der Waals surface area contributed by atoms with Crippen LogP contribution in [0.15, 0.2) is 72.2 Å². The Bertz CT molecular complexity index is 509. The van der Waals surface area contributed by atoms with Crippen LogP contribution in [0.1, 0.15) is 26.3 Å². The van der Waals surface area contributed by atoms with Crippen LogP contribution < -0.4 is 0 Å². The van der Waals surface area contributed by atoms with Crippen molar-refractivity contribution < 1.29 is 0 Å². The molecule has 2 heteroatoms. The fourth-order valence-electron chi connectivity index (χ4n) is 1.64. The van der Waals surface area contributed by atoms with Crippen molar-refractivity contribution in [3.63, 3.8) is 0 Å². The zero-order valence-corrected chi connectivity index (χ0v) is 12.5. The molecule has 1 aliphatic rings. The standard InChI is InChI=1S/C15H14ClN.C2H6/c1-12(14-6-4-3-5-7-14)11-17-9-8-15(16)10-13(17)2;1-2/h3-11H,2H2,1H3;1-2H3/b12-11+;. The number of nitrogens with zero attached hydrogens (tertiary/aromatic N) is 1. The molecule has 1 nitrogen and oxygen atoms in total. The molecular weight excluding hydrogens is 254 g/mol. The molecule has 0 bridgehead atoms. The molecule has 0 unspecified atom stereocenters. The minimum absolute atomic E-state index is 0.706. The Morgan fingerprint density at radius 2 is 1.84 bits per heavy atom. The Hall–Kier alpha value is -1.73. The summed E-state index contributed by atoms with van der Waals surface area (Å²) in [6.07, 6.45) is 7.66. The number of halogens is 1. The normalized spacial score (nSPS) is 14.7. The molecule has 1 heterocycles. The van der Waals surface area contributed by atoms with E-state index in [1.54, 1.807) is 0 Å². The Balaban J connectivity index is 0.000000861. The third-order valence-electron chi connectivity index (χ3n) is 2.59. The van der Waals surface area contributed by atoms with Gasteiger partial charge in [-0.05, 0) is 30.2 Å². The molecule has 0 fully saturated rings. The first kappa shape index (κ1) is 15.3. The molecule has 100 valence electrons. The minimum atomic E-state index is 0.706. The Morgan fingerprint density at radius 1 is 1.21 bits per heavy atom. The lowest BCUT2D eigenvalue weighted by molar-refractivity contribution is 0.649. The van der Waals surface area contributed by atoms with Crippen molar-refractivity contribution in [3.8, 4) is 0 Å². The van der Waals surface area contributed by atoms with Crippen LogP contribution >= 0.6 is 11.6 Å². The number of hydrogen-bond acceptors (Lipinski definition) is 1. The van der Waals surface area contributed by atoms with Gasteiger partial charge in [-0.1, -0.05) is 62.4 Å². The Labute approximate surface area is 121 Å².